The number of likely N-dealkylation sites (tertiary alicyclic amines) is 1. The molecule has 0 bridgehead atoms. The molecule has 2 N–H and O–H groups in total. The smallest absolute Gasteiger partial charge is 0.407 e. The molecule has 1 aromatic rings. The van der Waals surface area contributed by atoms with Gasteiger partial charge in [-0.15, -0.1) is 0 Å². The summed E-state index contributed by atoms with van der Waals surface area (Å²) in [6.07, 6.45) is 3.12. The van der Waals surface area contributed by atoms with Gasteiger partial charge in [-0.1, -0.05) is 30.3 Å². The number of amides is 1. The van der Waals surface area contributed by atoms with E-state index in [0.717, 1.165) is 32.6 Å². The predicted molar refractivity (Wildman–Crippen MR) is 102 cm³/mol. The molecule has 140 valence electrons. The number of benzene rings is 1. The molecule has 1 saturated heterocycles. The lowest BCUT2D eigenvalue weighted by molar-refractivity contribution is 0.0527. The van der Waals surface area contributed by atoms with Gasteiger partial charge in [-0.25, -0.2) is 4.79 Å². The van der Waals surface area contributed by atoms with Crippen LogP contribution in [-0.4, -0.2) is 55.4 Å². The van der Waals surface area contributed by atoms with Crippen LogP contribution in [0.4, 0.5) is 4.79 Å². The topological polar surface area (TPSA) is 53.6 Å². The van der Waals surface area contributed by atoms with Crippen molar-refractivity contribution in [2.45, 2.75) is 51.7 Å². The van der Waals surface area contributed by atoms with Crippen molar-refractivity contribution in [1.82, 2.24) is 15.5 Å². The summed E-state index contributed by atoms with van der Waals surface area (Å²) in [5.41, 5.74) is 0.973. The molecule has 0 atom stereocenters. The van der Waals surface area contributed by atoms with Gasteiger partial charge < -0.3 is 20.3 Å². The minimum absolute atomic E-state index is 0.343. The molecular weight excluding hydrogens is 314 g/mol. The Kier molecular flexibility index (Phi) is 7.72. The molecule has 1 aliphatic heterocycles. The van der Waals surface area contributed by atoms with Crippen LogP contribution in [0.15, 0.2) is 30.3 Å². The van der Waals surface area contributed by atoms with Gasteiger partial charge in [0.15, 0.2) is 0 Å². The number of hydrogen-bond acceptors (Lipinski definition) is 4. The Bertz CT molecular complexity index is 505. The Hall–Kier alpha value is -1.59. The summed E-state index contributed by atoms with van der Waals surface area (Å²) in [5.74, 6) is 0. The van der Waals surface area contributed by atoms with Crippen LogP contribution < -0.4 is 10.6 Å². The monoisotopic (exact) mass is 347 g/mol. The van der Waals surface area contributed by atoms with Gasteiger partial charge >= 0.3 is 6.09 Å². The SMILES string of the molecule is CC(C)(C)OC(=O)NCCNC1CCN(CCc2ccccc2)CC1. The molecule has 1 aromatic carbocycles. The second-order valence-electron chi connectivity index (χ2n) is 7.73. The Morgan fingerprint density at radius 3 is 2.48 bits per heavy atom. The summed E-state index contributed by atoms with van der Waals surface area (Å²) < 4.78 is 5.22. The quantitative estimate of drug-likeness (QED) is 0.745. The Morgan fingerprint density at radius 2 is 1.84 bits per heavy atom. The van der Waals surface area contributed by atoms with E-state index in [-0.39, 0.29) is 6.09 Å². The summed E-state index contributed by atoms with van der Waals surface area (Å²) in [6.45, 7) is 10.4. The molecule has 1 amide bonds. The maximum Gasteiger partial charge on any atom is 0.407 e. The molecule has 0 unspecified atom stereocenters. The number of rotatable bonds is 7. The molecule has 1 aliphatic rings. The Balaban J connectivity index is 1.53. The summed E-state index contributed by atoms with van der Waals surface area (Å²) in [6, 6.07) is 11.2. The number of carbonyl (C=O) groups is 1. The maximum atomic E-state index is 11.6. The first kappa shape index (κ1) is 19.7. The average molecular weight is 348 g/mol. The lowest BCUT2D eigenvalue weighted by Crippen LogP contribution is -2.45. The van der Waals surface area contributed by atoms with Crippen LogP contribution >= 0.6 is 0 Å². The molecule has 1 fully saturated rings. The predicted octanol–water partition coefficient (Wildman–Crippen LogP) is 2.81. The highest BCUT2D eigenvalue weighted by Crippen LogP contribution is 2.11. The van der Waals surface area contributed by atoms with Gasteiger partial charge in [0.1, 0.15) is 5.60 Å². The highest BCUT2D eigenvalue weighted by atomic mass is 16.6. The van der Waals surface area contributed by atoms with Crippen LogP contribution in [0.3, 0.4) is 0 Å². The number of carbonyl (C=O) groups excluding carboxylic acids is 1. The van der Waals surface area contributed by atoms with Crippen LogP contribution in [0.5, 0.6) is 0 Å². The van der Waals surface area contributed by atoms with Crippen LogP contribution in [0.25, 0.3) is 0 Å². The summed E-state index contributed by atoms with van der Waals surface area (Å²) >= 11 is 0. The van der Waals surface area contributed by atoms with Crippen molar-refractivity contribution in [1.29, 1.82) is 0 Å². The van der Waals surface area contributed by atoms with Crippen molar-refractivity contribution < 1.29 is 9.53 Å². The van der Waals surface area contributed by atoms with Crippen LogP contribution in [-0.2, 0) is 11.2 Å². The number of hydrogen-bond donors (Lipinski definition) is 2. The lowest BCUT2D eigenvalue weighted by Gasteiger charge is -2.32. The zero-order chi connectivity index (χ0) is 18.1. The molecule has 2 rings (SSSR count). The first-order valence-corrected chi connectivity index (χ1v) is 9.39. The van der Waals surface area contributed by atoms with Gasteiger partial charge in [0.25, 0.3) is 0 Å². The standard InChI is InChI=1S/C20H33N3O2/c1-20(2,3)25-19(24)22-13-12-21-18-10-15-23(16-11-18)14-9-17-7-5-4-6-8-17/h4-8,18,21H,9-16H2,1-3H3,(H,22,24). The van der Waals surface area contributed by atoms with E-state index in [4.69, 9.17) is 4.74 Å². The van der Waals surface area contributed by atoms with Crippen molar-refractivity contribution >= 4 is 6.09 Å². The molecule has 0 aliphatic carbocycles. The second-order valence-corrected chi connectivity index (χ2v) is 7.73. The number of nitrogens with zero attached hydrogens (tertiary/aromatic N) is 1. The Labute approximate surface area is 152 Å². The summed E-state index contributed by atoms with van der Waals surface area (Å²) in [7, 11) is 0. The van der Waals surface area contributed by atoms with Crippen molar-refractivity contribution in [3.63, 3.8) is 0 Å². The van der Waals surface area contributed by atoms with Crippen LogP contribution in [0.2, 0.25) is 0 Å². The molecule has 0 radical (unpaired) electrons. The van der Waals surface area contributed by atoms with Crippen molar-refractivity contribution in [3.05, 3.63) is 35.9 Å². The van der Waals surface area contributed by atoms with E-state index in [0.29, 0.717) is 12.6 Å². The van der Waals surface area contributed by atoms with E-state index in [1.54, 1.807) is 0 Å². The van der Waals surface area contributed by atoms with Crippen LogP contribution in [0.1, 0.15) is 39.2 Å². The van der Waals surface area contributed by atoms with Crippen molar-refractivity contribution in [3.8, 4) is 0 Å². The van der Waals surface area contributed by atoms with Gasteiger partial charge in [-0.05, 0) is 58.7 Å². The molecule has 0 spiro atoms. The fraction of sp³-hybridized carbons (Fsp3) is 0.650. The minimum Gasteiger partial charge on any atom is -0.444 e. The third-order valence-corrected chi connectivity index (χ3v) is 4.37. The van der Waals surface area contributed by atoms with Crippen LogP contribution in [0, 0.1) is 0 Å². The summed E-state index contributed by atoms with van der Waals surface area (Å²) in [4.78, 5) is 14.1. The second kappa shape index (κ2) is 9.78. The molecule has 25 heavy (non-hydrogen) atoms. The lowest BCUT2D eigenvalue weighted by atomic mass is 10.0. The zero-order valence-corrected chi connectivity index (χ0v) is 15.9. The molecule has 0 aromatic heterocycles. The van der Waals surface area contributed by atoms with Gasteiger partial charge in [0.05, 0.1) is 0 Å². The van der Waals surface area contributed by atoms with Gasteiger partial charge in [0, 0.05) is 25.7 Å². The van der Waals surface area contributed by atoms with E-state index in [1.165, 1.54) is 18.4 Å². The zero-order valence-electron chi connectivity index (χ0n) is 15.9. The van der Waals surface area contributed by atoms with Crippen molar-refractivity contribution in [2.24, 2.45) is 0 Å². The first-order valence-electron chi connectivity index (χ1n) is 9.39. The van der Waals surface area contributed by atoms with E-state index in [9.17, 15) is 4.79 Å². The number of ether oxygens (including phenoxy) is 1. The largest absolute Gasteiger partial charge is 0.444 e. The highest BCUT2D eigenvalue weighted by molar-refractivity contribution is 5.67. The van der Waals surface area contributed by atoms with E-state index >= 15 is 0 Å². The van der Waals surface area contributed by atoms with Crippen molar-refractivity contribution in [2.75, 3.05) is 32.7 Å². The van der Waals surface area contributed by atoms with E-state index in [1.807, 2.05) is 20.8 Å². The van der Waals surface area contributed by atoms with E-state index in [2.05, 4.69) is 45.9 Å². The van der Waals surface area contributed by atoms with E-state index < -0.39 is 5.60 Å². The van der Waals surface area contributed by atoms with Gasteiger partial charge in [0.2, 0.25) is 0 Å². The molecule has 5 nitrogen and oxygen atoms in total. The third-order valence-electron chi connectivity index (χ3n) is 4.37. The minimum atomic E-state index is -0.440. The normalized spacial score (nSPS) is 16.6. The maximum absolute atomic E-state index is 11.6. The van der Waals surface area contributed by atoms with Gasteiger partial charge in [-0.3, -0.25) is 0 Å². The fourth-order valence-corrected chi connectivity index (χ4v) is 3.05. The molecule has 0 saturated carbocycles. The highest BCUT2D eigenvalue weighted by Gasteiger charge is 2.19. The van der Waals surface area contributed by atoms with Gasteiger partial charge in [-0.2, -0.15) is 0 Å². The molecule has 5 heteroatoms. The average Bonchev–Trinajstić information content (AvgIpc) is 2.57. The number of piperidine rings is 1. The number of alkyl carbamates (subject to hydrolysis) is 1. The third kappa shape index (κ3) is 8.36. The fourth-order valence-electron chi connectivity index (χ4n) is 3.05. The number of nitrogens with one attached hydrogen (secondary N) is 2. The molecule has 1 heterocycles. The molecular formula is C20H33N3O2. The Morgan fingerprint density at radius 1 is 1.16 bits per heavy atom. The summed E-state index contributed by atoms with van der Waals surface area (Å²) in [5, 5.41) is 6.33. The first-order chi connectivity index (χ1) is 11.9.